The first-order valence-corrected chi connectivity index (χ1v) is 20.0. The molecule has 60 heavy (non-hydrogen) atoms. The van der Waals surface area contributed by atoms with Crippen LogP contribution in [0.15, 0.2) is 139 Å². The Morgan fingerprint density at radius 3 is 2.00 bits per heavy atom. The summed E-state index contributed by atoms with van der Waals surface area (Å²) in [7, 11) is 2.90. The van der Waals surface area contributed by atoms with Crippen molar-refractivity contribution in [2.45, 2.75) is 25.2 Å². The minimum absolute atomic E-state index is 0.151. The number of rotatable bonds is 10. The van der Waals surface area contributed by atoms with Crippen molar-refractivity contribution in [1.29, 1.82) is 0 Å². The molecule has 5 aromatic carbocycles. The second-order valence-electron chi connectivity index (χ2n) is 15.8. The highest BCUT2D eigenvalue weighted by atomic mass is 16.5. The summed E-state index contributed by atoms with van der Waals surface area (Å²) in [5.41, 5.74) is 7.62. The number of hydrogen-bond donors (Lipinski definition) is 3. The number of carbonyl (C=O) groups excluding carboxylic acids is 4. The van der Waals surface area contributed by atoms with Gasteiger partial charge in [-0.05, 0) is 97.5 Å². The Hall–Kier alpha value is -7.14. The van der Waals surface area contributed by atoms with Gasteiger partial charge >= 0.3 is 0 Å². The zero-order valence-corrected chi connectivity index (χ0v) is 33.4. The zero-order chi connectivity index (χ0) is 41.7. The van der Waals surface area contributed by atoms with Crippen LogP contribution in [0.2, 0.25) is 0 Å². The van der Waals surface area contributed by atoms with Crippen LogP contribution in [-0.2, 0) is 24.6 Å². The van der Waals surface area contributed by atoms with Crippen molar-refractivity contribution in [1.82, 2.24) is 5.01 Å². The number of fused-ring (bicyclic) bond motifs is 4. The molecule has 5 aromatic rings. The van der Waals surface area contributed by atoms with Crippen LogP contribution in [0.25, 0.3) is 6.08 Å². The highest BCUT2D eigenvalue weighted by Gasteiger charge is 2.69. The molecule has 0 unspecified atom stereocenters. The monoisotopic (exact) mass is 800 g/mol. The van der Waals surface area contributed by atoms with Gasteiger partial charge in [-0.15, -0.1) is 0 Å². The number of imide groups is 2. The van der Waals surface area contributed by atoms with Crippen molar-refractivity contribution in [3.05, 3.63) is 156 Å². The largest absolute Gasteiger partial charge is 0.502 e. The number of para-hydroxylation sites is 1. The van der Waals surface area contributed by atoms with Crippen LogP contribution in [-0.4, -0.2) is 48.0 Å². The van der Waals surface area contributed by atoms with Crippen LogP contribution < -0.4 is 25.1 Å². The molecule has 0 spiro atoms. The molecular formula is C49H44N4O7. The van der Waals surface area contributed by atoms with Crippen molar-refractivity contribution in [3.63, 3.8) is 0 Å². The summed E-state index contributed by atoms with van der Waals surface area (Å²) in [5.74, 6) is -4.72. The van der Waals surface area contributed by atoms with Gasteiger partial charge in [0.15, 0.2) is 11.5 Å². The van der Waals surface area contributed by atoms with Gasteiger partial charge in [0.25, 0.3) is 11.8 Å². The van der Waals surface area contributed by atoms with Gasteiger partial charge in [-0.2, -0.15) is 5.01 Å². The average molecular weight is 801 g/mol. The lowest BCUT2D eigenvalue weighted by atomic mass is 9.50. The molecule has 2 heterocycles. The molecule has 4 aliphatic rings. The van der Waals surface area contributed by atoms with Crippen molar-refractivity contribution in [3.8, 4) is 17.2 Å². The highest BCUT2D eigenvalue weighted by Crippen LogP contribution is 2.61. The number of nitrogens with one attached hydrogen (secondary N) is 2. The van der Waals surface area contributed by atoms with Gasteiger partial charge in [0.05, 0.1) is 48.8 Å². The minimum Gasteiger partial charge on any atom is -0.502 e. The van der Waals surface area contributed by atoms with Gasteiger partial charge in [-0.25, -0.2) is 0 Å². The number of phenolic OH excluding ortho intramolecular Hbond substituents is 1. The standard InChI is InChI=1S/C49H44N4O7/c1-29-14-17-34(18-15-29)51-53-46(56)40-28-38-36(23-24-37-43(38)47(57)52(45(37)55)35-21-19-33(20-22-35)50-32-12-8-5-9-13-32)39(49(40,48(53)58)31-10-6-4-7-11-31)25-16-30-26-41(59-2)44(54)42(27-30)60-3/h4-23,25-27,37-40,43,50-51,54H,24,28H2,1-3H3/t37-,38+,39-,40-,43-,49-/m0/s1. The SMILES string of the molecule is COc1cc(C=C[C@H]2C3=CC[C@@H]4C(=O)N(c5ccc(Nc6ccccc6)cc5)C(=O)[C@@H]4[C@@H]3C[C@H]3C(=O)N(Nc4ccc(C)cc4)C(=O)[C@@]23c2ccccc2)cc(OC)c1O. The van der Waals surface area contributed by atoms with Crippen LogP contribution in [0, 0.1) is 36.5 Å². The number of nitrogens with zero attached hydrogens (tertiary/aromatic N) is 2. The Bertz CT molecular complexity index is 2530. The van der Waals surface area contributed by atoms with Crippen LogP contribution in [0.4, 0.5) is 22.7 Å². The van der Waals surface area contributed by atoms with E-state index in [4.69, 9.17) is 9.47 Å². The van der Waals surface area contributed by atoms with E-state index in [0.29, 0.717) is 28.9 Å². The van der Waals surface area contributed by atoms with E-state index < -0.39 is 46.8 Å². The third kappa shape index (κ3) is 6.20. The number of aromatic hydroxyl groups is 1. The second-order valence-corrected chi connectivity index (χ2v) is 15.8. The van der Waals surface area contributed by atoms with Gasteiger partial charge in [-0.3, -0.25) is 29.5 Å². The lowest BCUT2D eigenvalue weighted by Crippen LogP contribution is -2.54. The predicted molar refractivity (Wildman–Crippen MR) is 228 cm³/mol. The zero-order valence-electron chi connectivity index (χ0n) is 33.4. The number of anilines is 4. The lowest BCUT2D eigenvalue weighted by molar-refractivity contribution is -0.139. The van der Waals surface area contributed by atoms with Gasteiger partial charge in [0.1, 0.15) is 0 Å². The van der Waals surface area contributed by atoms with Gasteiger partial charge in [-0.1, -0.05) is 90.0 Å². The van der Waals surface area contributed by atoms with E-state index in [-0.39, 0.29) is 35.5 Å². The number of aryl methyl sites for hydroxylation is 1. The number of carbonyl (C=O) groups is 4. The van der Waals surface area contributed by atoms with E-state index in [1.165, 1.54) is 19.1 Å². The molecule has 1 saturated carbocycles. The lowest BCUT2D eigenvalue weighted by Gasteiger charge is -2.49. The van der Waals surface area contributed by atoms with Gasteiger partial charge in [0.2, 0.25) is 17.6 Å². The Morgan fingerprint density at radius 1 is 0.733 bits per heavy atom. The maximum Gasteiger partial charge on any atom is 0.260 e. The maximum atomic E-state index is 15.4. The average Bonchev–Trinajstić information content (AvgIpc) is 3.65. The third-order valence-corrected chi connectivity index (χ3v) is 12.6. The van der Waals surface area contributed by atoms with Crippen LogP contribution in [0.1, 0.15) is 29.5 Å². The number of phenols is 1. The quantitative estimate of drug-likeness (QED) is 0.0943. The van der Waals surface area contributed by atoms with Crippen molar-refractivity contribution in [2.75, 3.05) is 29.9 Å². The van der Waals surface area contributed by atoms with Crippen LogP contribution in [0.5, 0.6) is 17.2 Å². The summed E-state index contributed by atoms with van der Waals surface area (Å²) in [5, 5.41) is 15.2. The third-order valence-electron chi connectivity index (χ3n) is 12.6. The second kappa shape index (κ2) is 15.2. The fraction of sp³-hybridized carbons (Fsp3) is 0.224. The van der Waals surface area contributed by atoms with E-state index in [0.717, 1.165) is 27.5 Å². The molecule has 3 N–H and O–H groups in total. The van der Waals surface area contributed by atoms with E-state index in [1.54, 1.807) is 24.3 Å². The highest BCUT2D eigenvalue weighted by molar-refractivity contribution is 6.22. The summed E-state index contributed by atoms with van der Waals surface area (Å²) >= 11 is 0. The Kier molecular flexibility index (Phi) is 9.74. The molecule has 0 radical (unpaired) electrons. The Labute approximate surface area is 347 Å². The van der Waals surface area contributed by atoms with E-state index in [1.807, 2.05) is 122 Å². The van der Waals surface area contributed by atoms with Crippen LogP contribution in [0.3, 0.4) is 0 Å². The molecule has 11 nitrogen and oxygen atoms in total. The molecule has 4 amide bonds. The van der Waals surface area contributed by atoms with Gasteiger partial charge in [0, 0.05) is 17.3 Å². The molecule has 6 atom stereocenters. The first-order valence-electron chi connectivity index (χ1n) is 20.0. The van der Waals surface area contributed by atoms with Crippen molar-refractivity contribution < 1.29 is 33.8 Å². The van der Waals surface area contributed by atoms with Crippen molar-refractivity contribution in [2.24, 2.45) is 29.6 Å². The smallest absolute Gasteiger partial charge is 0.260 e. The number of amides is 4. The van der Waals surface area contributed by atoms with E-state index >= 15 is 4.79 Å². The summed E-state index contributed by atoms with van der Waals surface area (Å²) in [6.07, 6.45) is 6.24. The Balaban J connectivity index is 1.15. The summed E-state index contributed by atoms with van der Waals surface area (Å²) in [6, 6.07) is 37.1. The fourth-order valence-electron chi connectivity index (χ4n) is 9.85. The molecular weight excluding hydrogens is 757 g/mol. The molecule has 11 heteroatoms. The molecule has 0 aromatic heterocycles. The molecule has 2 aliphatic heterocycles. The number of methoxy groups -OCH3 is 2. The molecule has 302 valence electrons. The van der Waals surface area contributed by atoms with Crippen LogP contribution >= 0.6 is 0 Å². The maximum absolute atomic E-state index is 15.4. The number of benzene rings is 5. The number of hydrazine groups is 1. The number of ether oxygens (including phenoxy) is 2. The fourth-order valence-corrected chi connectivity index (χ4v) is 9.85. The van der Waals surface area contributed by atoms with Crippen molar-refractivity contribution >= 4 is 52.5 Å². The molecule has 2 aliphatic carbocycles. The summed E-state index contributed by atoms with van der Waals surface area (Å²) in [4.78, 5) is 60.7. The Morgan fingerprint density at radius 2 is 1.35 bits per heavy atom. The normalized spacial score (nSPS) is 24.5. The number of allylic oxidation sites excluding steroid dienone is 3. The molecule has 2 saturated heterocycles. The van der Waals surface area contributed by atoms with E-state index in [2.05, 4.69) is 10.7 Å². The molecule has 9 rings (SSSR count). The minimum atomic E-state index is -1.42. The predicted octanol–water partition coefficient (Wildman–Crippen LogP) is 8.20. The topological polar surface area (TPSA) is 138 Å². The summed E-state index contributed by atoms with van der Waals surface area (Å²) in [6.45, 7) is 1.96. The molecule has 3 fully saturated rings. The summed E-state index contributed by atoms with van der Waals surface area (Å²) < 4.78 is 10.9. The first kappa shape index (κ1) is 38.4. The first-order chi connectivity index (χ1) is 29.1. The molecule has 0 bridgehead atoms. The van der Waals surface area contributed by atoms with E-state index in [9.17, 15) is 19.5 Å². The van der Waals surface area contributed by atoms with Gasteiger partial charge < -0.3 is 19.9 Å². The number of hydrogen-bond acceptors (Lipinski definition) is 9.